The molecule has 1 aliphatic carbocycles. The summed E-state index contributed by atoms with van der Waals surface area (Å²) in [5.74, 6) is -7.87. The van der Waals surface area contributed by atoms with E-state index >= 15 is 0 Å². The van der Waals surface area contributed by atoms with E-state index < -0.39 is 88.4 Å². The van der Waals surface area contributed by atoms with Crippen molar-refractivity contribution < 1.29 is 72.1 Å². The number of esters is 1. The number of nitrogens with zero attached hydrogens (tertiary/aromatic N) is 2. The monoisotopic (exact) mass is 944 g/mol. The predicted molar refractivity (Wildman–Crippen MR) is 250 cm³/mol. The van der Waals surface area contributed by atoms with Crippen LogP contribution in [0.1, 0.15) is 64.4 Å². The second-order valence-electron chi connectivity index (χ2n) is 18.8. The van der Waals surface area contributed by atoms with Crippen molar-refractivity contribution in [2.45, 2.75) is 85.6 Å². The fourth-order valence-corrected chi connectivity index (χ4v) is 9.34. The van der Waals surface area contributed by atoms with E-state index in [0.29, 0.717) is 26.4 Å². The van der Waals surface area contributed by atoms with Crippen molar-refractivity contribution >= 4 is 45.2 Å². The molecule has 18 nitrogen and oxygen atoms in total. The standard InChI is InChI=1S/C50H61N3O15/c1-24-12-11-13-25(2)49(61)52-40-44(59)36-35(39-47(40)67-34-23-31(22-32(55)38(34)51-39)64-21-17-53(9)15-19-63-20-16-53)37-46(29(6)43(36)58)68-50(8,48(37)60)65-18-14-33(62-10)26(3)45(66-30(7)54)28(5)42(57)27(4)41(24)56/h11-14,18,22-24,26-28,33,41-42,45,56-57H,15-17,19-21H2,1-10H3,(H2-,51,52,55,58,59,60,61)/p+1/b12-11+,18-14+,25-13-/t24-,26+,27+,28+,33-,41-,42+,45+,50-/m0/s1. The summed E-state index contributed by atoms with van der Waals surface area (Å²) in [6.45, 7) is 16.3. The van der Waals surface area contributed by atoms with Crippen LogP contribution in [0.3, 0.4) is 0 Å². The second kappa shape index (κ2) is 19.5. The van der Waals surface area contributed by atoms with Gasteiger partial charge in [-0.05, 0) is 19.9 Å². The maximum absolute atomic E-state index is 14.8. The van der Waals surface area contributed by atoms with E-state index in [1.54, 1.807) is 39.8 Å². The molecule has 1 fully saturated rings. The third kappa shape index (κ3) is 9.39. The molecular weight excluding hydrogens is 883 g/mol. The van der Waals surface area contributed by atoms with Crippen LogP contribution in [0.5, 0.6) is 23.0 Å². The lowest BCUT2D eigenvalue weighted by Gasteiger charge is -2.38. The van der Waals surface area contributed by atoms with Crippen molar-refractivity contribution in [1.29, 1.82) is 0 Å². The summed E-state index contributed by atoms with van der Waals surface area (Å²) in [6, 6.07) is 2.87. The first-order valence-corrected chi connectivity index (χ1v) is 22.8. The van der Waals surface area contributed by atoms with Crippen LogP contribution < -0.4 is 20.2 Å². The Kier molecular flexibility index (Phi) is 14.3. The molecule has 68 heavy (non-hydrogen) atoms. The van der Waals surface area contributed by atoms with Gasteiger partial charge < -0.3 is 63.1 Å². The molecule has 0 unspecified atom stereocenters. The molecule has 366 valence electrons. The number of benzene rings is 3. The van der Waals surface area contributed by atoms with E-state index in [4.69, 9.17) is 37.8 Å². The molecule has 4 heterocycles. The molecule has 0 radical (unpaired) electrons. The summed E-state index contributed by atoms with van der Waals surface area (Å²) < 4.78 is 42.6. The first-order chi connectivity index (χ1) is 32.1. The molecule has 1 amide bonds. The number of ether oxygens (including phenoxy) is 6. The molecule has 0 saturated carbocycles. The Balaban J connectivity index is 1.40. The highest BCUT2D eigenvalue weighted by atomic mass is 16.7. The van der Waals surface area contributed by atoms with Crippen molar-refractivity contribution in [2.75, 3.05) is 58.9 Å². The number of likely N-dealkylation sites (N-methyl/N-ethyl adjacent to an activating group) is 1. The number of Topliss-reactive ketones (excluding diaryl/α,β-unsaturated/α-hetero) is 1. The Morgan fingerprint density at radius 3 is 2.37 bits per heavy atom. The number of carbonyl (C=O) groups is 3. The predicted octanol–water partition coefficient (Wildman–Crippen LogP) is 5.51. The molecule has 0 aromatic heterocycles. The maximum atomic E-state index is 14.8. The van der Waals surface area contributed by atoms with Gasteiger partial charge in [-0.1, -0.05) is 45.9 Å². The number of phenols is 2. The van der Waals surface area contributed by atoms with Crippen LogP contribution in [-0.2, 0) is 28.5 Å². The first-order valence-electron chi connectivity index (χ1n) is 22.8. The highest BCUT2D eigenvalue weighted by Gasteiger charge is 2.50. The summed E-state index contributed by atoms with van der Waals surface area (Å²) >= 11 is 0. The molecule has 2 aromatic rings. The van der Waals surface area contributed by atoms with Gasteiger partial charge in [-0.15, -0.1) is 0 Å². The maximum Gasteiger partial charge on any atom is 0.312 e. The zero-order chi connectivity index (χ0) is 49.6. The number of allylic oxidation sites excluding steroid dienone is 2. The minimum atomic E-state index is -2.10. The van der Waals surface area contributed by atoms with Crippen molar-refractivity contribution in [3.8, 4) is 34.5 Å². The van der Waals surface area contributed by atoms with Gasteiger partial charge in [-0.2, -0.15) is 0 Å². The molecule has 5 N–H and O–H groups in total. The van der Waals surface area contributed by atoms with E-state index in [1.165, 1.54) is 65.4 Å². The zero-order valence-corrected chi connectivity index (χ0v) is 40.1. The summed E-state index contributed by atoms with van der Waals surface area (Å²) in [5, 5.41) is 48.4. The van der Waals surface area contributed by atoms with Gasteiger partial charge in [0.05, 0.1) is 55.8 Å². The summed E-state index contributed by atoms with van der Waals surface area (Å²) in [6.07, 6.45) is 3.39. The fourth-order valence-electron chi connectivity index (χ4n) is 9.34. The number of carbonyl (C=O) groups excluding carboxylic acids is 3. The van der Waals surface area contributed by atoms with Crippen molar-refractivity contribution in [1.82, 2.24) is 4.98 Å². The van der Waals surface area contributed by atoms with Gasteiger partial charge in [-0.3, -0.25) is 19.2 Å². The van der Waals surface area contributed by atoms with Crippen molar-refractivity contribution in [2.24, 2.45) is 23.7 Å². The van der Waals surface area contributed by atoms with Gasteiger partial charge in [0.1, 0.15) is 72.2 Å². The average Bonchev–Trinajstić information content (AvgIpc) is 3.56. The smallest absolute Gasteiger partial charge is 0.312 e. The minimum Gasteiger partial charge on any atom is -0.507 e. The molecule has 2 aromatic carbocycles. The second-order valence-corrected chi connectivity index (χ2v) is 18.8. The topological polar surface area (TPSA) is 243 Å². The number of aromatic hydroxyl groups is 2. The van der Waals surface area contributed by atoms with Crippen LogP contribution in [-0.4, -0.2) is 131 Å². The number of fused-ring (bicyclic) bond motifs is 2. The lowest BCUT2D eigenvalue weighted by Crippen LogP contribution is -2.53. The van der Waals surface area contributed by atoms with Gasteiger partial charge in [0.25, 0.3) is 11.7 Å². The number of nitrogens with one attached hydrogen (secondary N) is 1. The largest absolute Gasteiger partial charge is 0.507 e. The number of morpholine rings is 1. The molecule has 0 spiro atoms. The van der Waals surface area contributed by atoms with Crippen LogP contribution in [0.15, 0.2) is 57.5 Å². The fraction of sp³-hybridized carbons (Fsp3) is 0.500. The number of aliphatic hydroxyl groups excluding tert-OH is 2. The molecule has 9 atom stereocenters. The number of anilines is 1. The minimum absolute atomic E-state index is 0.0129. The number of quaternary nitrogens is 1. The van der Waals surface area contributed by atoms with Crippen LogP contribution >= 0.6 is 0 Å². The number of aliphatic hydroxyl groups is 2. The summed E-state index contributed by atoms with van der Waals surface area (Å²) in [7, 11) is 3.54. The highest BCUT2D eigenvalue weighted by Crippen LogP contribution is 2.51. The van der Waals surface area contributed by atoms with Crippen LogP contribution in [0.25, 0.3) is 33.3 Å². The van der Waals surface area contributed by atoms with Gasteiger partial charge in [0.2, 0.25) is 5.43 Å². The van der Waals surface area contributed by atoms with Crippen molar-refractivity contribution in [3.05, 3.63) is 69.6 Å². The highest BCUT2D eigenvalue weighted by molar-refractivity contribution is 6.22. The van der Waals surface area contributed by atoms with Gasteiger partial charge in [0.15, 0.2) is 11.3 Å². The van der Waals surface area contributed by atoms with Gasteiger partial charge in [-0.25, -0.2) is 4.98 Å². The van der Waals surface area contributed by atoms with Crippen molar-refractivity contribution in [3.63, 3.8) is 0 Å². The third-order valence-electron chi connectivity index (χ3n) is 13.8. The number of hydrogen-bond donors (Lipinski definition) is 5. The number of ketones is 1. The van der Waals surface area contributed by atoms with Gasteiger partial charge in [0, 0.05) is 73.3 Å². The molecule has 1 saturated heterocycles. The number of methoxy groups -OCH3 is 1. The molecule has 5 aliphatic rings. The summed E-state index contributed by atoms with van der Waals surface area (Å²) in [5.41, 5.74) is -1.64. The van der Waals surface area contributed by atoms with E-state index in [0.717, 1.165) is 17.6 Å². The number of hydrogen-bond acceptors (Lipinski definition) is 16. The number of phenolic OH excluding ortho intramolecular Hbond substituents is 2. The molecule has 7 rings (SSSR count). The number of aromatic nitrogens is 1. The Hall–Kier alpha value is -6.05. The van der Waals surface area contributed by atoms with Crippen LogP contribution in [0.4, 0.5) is 5.69 Å². The Morgan fingerprint density at radius 1 is 0.985 bits per heavy atom. The third-order valence-corrected chi connectivity index (χ3v) is 13.8. The number of rotatable bonds is 6. The molecule has 4 aliphatic heterocycles. The summed E-state index contributed by atoms with van der Waals surface area (Å²) in [4.78, 5) is 60.8. The zero-order valence-electron chi connectivity index (χ0n) is 40.1. The van der Waals surface area contributed by atoms with E-state index in [9.17, 15) is 39.6 Å². The molecule has 4 bridgehead atoms. The Labute approximate surface area is 393 Å². The molecule has 18 heteroatoms. The Morgan fingerprint density at radius 2 is 1.69 bits per heavy atom. The SMILES string of the molecule is CO[C@H]1/C=C/O[C@@]2(C)Oc3c(C)c(O)c4c(=O)c(c5oc6cc(OCC[N+]7(C)CCOCC7)cc(O)c6nc-5c4c3C2=O)NC(=O)/C(C)=C\C=C\[C@H](C)[C@H](O)[C@@H](C)[C@@H](O)[C@@H](C)[C@H](OC(C)=O)[C@@H]1C. The van der Waals surface area contributed by atoms with Crippen LogP contribution in [0.2, 0.25) is 0 Å². The van der Waals surface area contributed by atoms with Crippen LogP contribution in [0, 0.1) is 30.6 Å². The Bertz CT molecular complexity index is 2740. The average molecular weight is 945 g/mol. The van der Waals surface area contributed by atoms with E-state index in [1.807, 2.05) is 0 Å². The number of amides is 1. The quantitative estimate of drug-likeness (QED) is 0.0693. The molecular formula is C50H62N3O15+. The normalized spacial score (nSPS) is 29.8. The van der Waals surface area contributed by atoms with E-state index in [2.05, 4.69) is 12.4 Å². The lowest BCUT2D eigenvalue weighted by molar-refractivity contribution is -0.916. The van der Waals surface area contributed by atoms with E-state index in [-0.39, 0.29) is 67.3 Å². The van der Waals surface area contributed by atoms with Gasteiger partial charge >= 0.3 is 11.8 Å². The first kappa shape index (κ1) is 49.8. The lowest BCUT2D eigenvalue weighted by atomic mass is 9.78.